The number of nitrogens with one attached hydrogen (secondary N) is 2. The number of nitrogens with zero attached hydrogens (tertiary/aromatic N) is 1. The molecular weight excluding hydrogens is 421 g/mol. The quantitative estimate of drug-likeness (QED) is 0.598. The second-order valence-corrected chi connectivity index (χ2v) is 8.23. The van der Waals surface area contributed by atoms with Crippen LogP contribution in [-0.2, 0) is 9.59 Å². The first-order chi connectivity index (χ1) is 15.8. The Hall–Kier alpha value is -4.00. The van der Waals surface area contributed by atoms with Crippen LogP contribution in [0.3, 0.4) is 0 Å². The van der Waals surface area contributed by atoms with Crippen molar-refractivity contribution in [1.29, 1.82) is 0 Å². The predicted molar refractivity (Wildman–Crippen MR) is 126 cm³/mol. The van der Waals surface area contributed by atoms with Gasteiger partial charge in [-0.3, -0.25) is 14.4 Å². The molecule has 1 atom stereocenters. The zero-order valence-corrected chi connectivity index (χ0v) is 18.4. The van der Waals surface area contributed by atoms with E-state index in [1.165, 1.54) is 23.1 Å². The van der Waals surface area contributed by atoms with E-state index in [0.717, 1.165) is 5.56 Å². The molecule has 2 N–H and O–H groups in total. The maximum atomic E-state index is 13.3. The molecule has 3 aromatic rings. The van der Waals surface area contributed by atoms with Gasteiger partial charge in [0.25, 0.3) is 5.91 Å². The van der Waals surface area contributed by atoms with Gasteiger partial charge in [-0.1, -0.05) is 18.2 Å². The number of hydrogen-bond donors (Lipinski definition) is 2. The molecule has 1 aliphatic heterocycles. The zero-order chi connectivity index (χ0) is 23.5. The molecule has 1 fully saturated rings. The van der Waals surface area contributed by atoms with Gasteiger partial charge in [-0.2, -0.15) is 0 Å². The summed E-state index contributed by atoms with van der Waals surface area (Å²) < 4.78 is 13.3. The van der Waals surface area contributed by atoms with Gasteiger partial charge in [0, 0.05) is 35.6 Å². The van der Waals surface area contributed by atoms with E-state index in [1.54, 1.807) is 31.2 Å². The molecule has 0 saturated carbocycles. The number of benzene rings is 3. The van der Waals surface area contributed by atoms with Crippen molar-refractivity contribution in [2.45, 2.75) is 20.3 Å². The van der Waals surface area contributed by atoms with Gasteiger partial charge in [0.2, 0.25) is 11.8 Å². The fraction of sp³-hybridized carbons (Fsp3) is 0.192. The Kier molecular flexibility index (Phi) is 6.22. The van der Waals surface area contributed by atoms with Crippen LogP contribution in [0.15, 0.2) is 66.7 Å². The van der Waals surface area contributed by atoms with Gasteiger partial charge >= 0.3 is 0 Å². The van der Waals surface area contributed by atoms with E-state index in [4.69, 9.17) is 0 Å². The van der Waals surface area contributed by atoms with E-state index in [1.807, 2.05) is 31.2 Å². The van der Waals surface area contributed by atoms with Gasteiger partial charge in [-0.25, -0.2) is 4.39 Å². The molecule has 0 bridgehead atoms. The third kappa shape index (κ3) is 5.09. The van der Waals surface area contributed by atoms with E-state index < -0.39 is 5.92 Å². The van der Waals surface area contributed by atoms with Crippen LogP contribution >= 0.6 is 0 Å². The molecule has 3 amide bonds. The lowest BCUT2D eigenvalue weighted by molar-refractivity contribution is -0.122. The Bertz CT molecular complexity index is 1240. The van der Waals surface area contributed by atoms with E-state index in [0.29, 0.717) is 28.2 Å². The summed E-state index contributed by atoms with van der Waals surface area (Å²) >= 11 is 0. The monoisotopic (exact) mass is 445 g/mol. The van der Waals surface area contributed by atoms with Crippen LogP contribution in [0.5, 0.6) is 0 Å². The van der Waals surface area contributed by atoms with Crippen molar-refractivity contribution < 1.29 is 18.8 Å². The minimum Gasteiger partial charge on any atom is -0.326 e. The SMILES string of the molecule is Cc1cccc(NC(=O)c2cccc(N3CC(C(=O)Nc4ccc(F)cc4C)CC3=O)c2)c1. The van der Waals surface area contributed by atoms with Gasteiger partial charge in [-0.05, 0) is 73.5 Å². The molecule has 1 aliphatic rings. The molecule has 0 aromatic heterocycles. The van der Waals surface area contributed by atoms with Crippen LogP contribution in [-0.4, -0.2) is 24.3 Å². The van der Waals surface area contributed by atoms with Crippen LogP contribution in [0.25, 0.3) is 0 Å². The Balaban J connectivity index is 1.45. The van der Waals surface area contributed by atoms with Crippen LogP contribution in [0, 0.1) is 25.6 Å². The predicted octanol–water partition coefficient (Wildman–Crippen LogP) is 4.69. The Labute approximate surface area is 191 Å². The lowest BCUT2D eigenvalue weighted by atomic mass is 10.1. The molecule has 6 nitrogen and oxygen atoms in total. The first kappa shape index (κ1) is 22.2. The fourth-order valence-electron chi connectivity index (χ4n) is 3.88. The highest BCUT2D eigenvalue weighted by Crippen LogP contribution is 2.27. The summed E-state index contributed by atoms with van der Waals surface area (Å²) in [6.45, 7) is 3.85. The molecule has 1 unspecified atom stereocenters. The lowest BCUT2D eigenvalue weighted by Crippen LogP contribution is -2.28. The largest absolute Gasteiger partial charge is 0.326 e. The number of halogens is 1. The first-order valence-corrected chi connectivity index (χ1v) is 10.7. The lowest BCUT2D eigenvalue weighted by Gasteiger charge is -2.18. The third-order valence-electron chi connectivity index (χ3n) is 5.64. The van der Waals surface area contributed by atoms with Gasteiger partial charge in [0.15, 0.2) is 0 Å². The Morgan fingerprint density at radius 3 is 2.52 bits per heavy atom. The van der Waals surface area contributed by atoms with E-state index in [-0.39, 0.29) is 36.5 Å². The molecule has 3 aromatic carbocycles. The first-order valence-electron chi connectivity index (χ1n) is 10.7. The number of carbonyl (C=O) groups is 3. The number of anilines is 3. The minimum atomic E-state index is -0.549. The van der Waals surface area contributed by atoms with Gasteiger partial charge in [0.1, 0.15) is 5.82 Å². The topological polar surface area (TPSA) is 78.5 Å². The zero-order valence-electron chi connectivity index (χ0n) is 18.4. The number of hydrogen-bond acceptors (Lipinski definition) is 3. The van der Waals surface area contributed by atoms with Crippen LogP contribution < -0.4 is 15.5 Å². The van der Waals surface area contributed by atoms with Crippen molar-refractivity contribution in [1.82, 2.24) is 0 Å². The summed E-state index contributed by atoms with van der Waals surface area (Å²) in [6, 6.07) is 18.4. The molecule has 0 radical (unpaired) electrons. The average molecular weight is 445 g/mol. The maximum Gasteiger partial charge on any atom is 0.255 e. The molecule has 1 saturated heterocycles. The van der Waals surface area contributed by atoms with E-state index >= 15 is 0 Å². The summed E-state index contributed by atoms with van der Waals surface area (Å²) in [6.07, 6.45) is 0.0613. The standard InChI is InChI=1S/C26H24FN3O3/c1-16-5-3-7-21(11-16)28-25(32)18-6-4-8-22(13-18)30-15-19(14-24(30)31)26(33)29-23-10-9-20(27)12-17(23)2/h3-13,19H,14-15H2,1-2H3,(H,28,32)(H,29,33). The summed E-state index contributed by atoms with van der Waals surface area (Å²) in [7, 11) is 0. The summed E-state index contributed by atoms with van der Waals surface area (Å²) in [5.74, 6) is -1.70. The highest BCUT2D eigenvalue weighted by atomic mass is 19.1. The minimum absolute atomic E-state index is 0.0613. The molecule has 4 rings (SSSR count). The number of amides is 3. The van der Waals surface area contributed by atoms with Crippen LogP contribution in [0.4, 0.5) is 21.5 Å². The van der Waals surface area contributed by atoms with Crippen molar-refractivity contribution in [3.05, 3.63) is 89.2 Å². The Morgan fingerprint density at radius 1 is 0.970 bits per heavy atom. The highest BCUT2D eigenvalue weighted by Gasteiger charge is 2.35. The van der Waals surface area contributed by atoms with E-state index in [2.05, 4.69) is 10.6 Å². The number of carbonyl (C=O) groups excluding carboxylic acids is 3. The number of rotatable bonds is 5. The molecule has 0 spiro atoms. The molecule has 7 heteroatoms. The molecule has 168 valence electrons. The van der Waals surface area contributed by atoms with Crippen LogP contribution in [0.1, 0.15) is 27.9 Å². The highest BCUT2D eigenvalue weighted by molar-refractivity contribution is 6.07. The van der Waals surface area contributed by atoms with Crippen molar-refractivity contribution in [2.75, 3.05) is 22.1 Å². The summed E-state index contributed by atoms with van der Waals surface area (Å²) in [4.78, 5) is 39.6. The fourth-order valence-corrected chi connectivity index (χ4v) is 3.88. The van der Waals surface area contributed by atoms with Gasteiger partial charge in [-0.15, -0.1) is 0 Å². The Morgan fingerprint density at radius 2 is 1.76 bits per heavy atom. The molecular formula is C26H24FN3O3. The van der Waals surface area contributed by atoms with E-state index in [9.17, 15) is 18.8 Å². The van der Waals surface area contributed by atoms with Crippen molar-refractivity contribution in [3.63, 3.8) is 0 Å². The normalized spacial score (nSPS) is 15.4. The molecule has 33 heavy (non-hydrogen) atoms. The number of aryl methyl sites for hydroxylation is 2. The second kappa shape index (κ2) is 9.24. The average Bonchev–Trinajstić information content (AvgIpc) is 3.17. The van der Waals surface area contributed by atoms with Gasteiger partial charge in [0.05, 0.1) is 5.92 Å². The van der Waals surface area contributed by atoms with Gasteiger partial charge < -0.3 is 15.5 Å². The molecule has 0 aliphatic carbocycles. The summed E-state index contributed by atoms with van der Waals surface area (Å²) in [5, 5.41) is 5.64. The maximum absolute atomic E-state index is 13.3. The molecule has 1 heterocycles. The third-order valence-corrected chi connectivity index (χ3v) is 5.64. The van der Waals surface area contributed by atoms with Crippen LogP contribution in [0.2, 0.25) is 0 Å². The van der Waals surface area contributed by atoms with Crippen molar-refractivity contribution in [2.24, 2.45) is 5.92 Å². The second-order valence-electron chi connectivity index (χ2n) is 8.23. The van der Waals surface area contributed by atoms with Crippen molar-refractivity contribution >= 4 is 34.8 Å². The van der Waals surface area contributed by atoms with Crippen molar-refractivity contribution in [3.8, 4) is 0 Å². The summed E-state index contributed by atoms with van der Waals surface area (Å²) in [5.41, 5.74) is 3.82. The smallest absolute Gasteiger partial charge is 0.255 e.